The van der Waals surface area contributed by atoms with Gasteiger partial charge in [0.2, 0.25) is 11.8 Å². The molecule has 2 heterocycles. The molecule has 1 aromatic carbocycles. The zero-order valence-electron chi connectivity index (χ0n) is 13.3. The van der Waals surface area contributed by atoms with Crippen LogP contribution in [0.3, 0.4) is 0 Å². The molecule has 0 spiro atoms. The number of amides is 3. The average Bonchev–Trinajstić information content (AvgIpc) is 3.20. The summed E-state index contributed by atoms with van der Waals surface area (Å²) in [5.74, 6) is -0.768. The van der Waals surface area contributed by atoms with E-state index in [1.165, 1.54) is 4.90 Å². The Morgan fingerprint density at radius 2 is 1.92 bits per heavy atom. The Labute approximate surface area is 152 Å². The highest BCUT2D eigenvalue weighted by Gasteiger charge is 2.27. The fraction of sp³-hybridized carbons (Fsp3) is 0.235. The topological polar surface area (TPSA) is 96.9 Å². The predicted molar refractivity (Wildman–Crippen MR) is 94.0 cm³/mol. The summed E-state index contributed by atoms with van der Waals surface area (Å²) in [5.41, 5.74) is 6.14. The highest BCUT2D eigenvalue weighted by atomic mass is 79.9. The SMILES string of the molecule is NC(=O)c1ccc(N(CN2CCCC2=O)C(=O)c2ccc(Br)o2)cc1. The summed E-state index contributed by atoms with van der Waals surface area (Å²) in [4.78, 5) is 39.1. The van der Waals surface area contributed by atoms with Gasteiger partial charge in [0.25, 0.3) is 5.91 Å². The Hall–Kier alpha value is -2.61. The van der Waals surface area contributed by atoms with E-state index in [9.17, 15) is 14.4 Å². The molecule has 0 bridgehead atoms. The molecule has 0 atom stereocenters. The Morgan fingerprint density at radius 3 is 2.44 bits per heavy atom. The standard InChI is InChI=1S/C17H16BrN3O4/c18-14-8-7-13(25-14)17(24)21(10-20-9-1-2-15(20)22)12-5-3-11(4-6-12)16(19)23/h3-8H,1-2,9-10H2,(H2,19,23). The number of rotatable bonds is 5. The second-order valence-electron chi connectivity index (χ2n) is 5.65. The zero-order chi connectivity index (χ0) is 18.0. The van der Waals surface area contributed by atoms with Crippen molar-refractivity contribution in [3.05, 3.63) is 52.4 Å². The Balaban J connectivity index is 1.91. The number of primary amides is 1. The lowest BCUT2D eigenvalue weighted by Crippen LogP contribution is -2.42. The molecule has 1 aliphatic rings. The van der Waals surface area contributed by atoms with Crippen molar-refractivity contribution < 1.29 is 18.8 Å². The van der Waals surface area contributed by atoms with E-state index in [0.29, 0.717) is 28.9 Å². The van der Waals surface area contributed by atoms with Gasteiger partial charge in [-0.3, -0.25) is 19.3 Å². The number of likely N-dealkylation sites (tertiary alicyclic amines) is 1. The minimum Gasteiger partial charge on any atom is -0.444 e. The third kappa shape index (κ3) is 3.74. The third-order valence-electron chi connectivity index (χ3n) is 3.98. The van der Waals surface area contributed by atoms with E-state index in [1.807, 2.05) is 0 Å². The van der Waals surface area contributed by atoms with E-state index >= 15 is 0 Å². The van der Waals surface area contributed by atoms with E-state index in [0.717, 1.165) is 6.42 Å². The van der Waals surface area contributed by atoms with E-state index < -0.39 is 5.91 Å². The second kappa shape index (κ2) is 7.10. The van der Waals surface area contributed by atoms with Gasteiger partial charge in [0, 0.05) is 24.2 Å². The summed E-state index contributed by atoms with van der Waals surface area (Å²) in [6.07, 6.45) is 1.25. The molecule has 1 aromatic heterocycles. The minimum absolute atomic E-state index is 0.00665. The molecular formula is C17H16BrN3O4. The van der Waals surface area contributed by atoms with Gasteiger partial charge >= 0.3 is 0 Å². The van der Waals surface area contributed by atoms with Gasteiger partial charge in [-0.2, -0.15) is 0 Å². The molecular weight excluding hydrogens is 390 g/mol. The molecule has 8 heteroatoms. The first kappa shape index (κ1) is 17.2. The van der Waals surface area contributed by atoms with Crippen LogP contribution in [-0.4, -0.2) is 35.8 Å². The van der Waals surface area contributed by atoms with Crippen molar-refractivity contribution >= 4 is 39.3 Å². The number of hydrogen-bond donors (Lipinski definition) is 1. The highest BCUT2D eigenvalue weighted by molar-refractivity contribution is 9.10. The van der Waals surface area contributed by atoms with E-state index in [2.05, 4.69) is 15.9 Å². The van der Waals surface area contributed by atoms with Crippen molar-refractivity contribution in [2.45, 2.75) is 12.8 Å². The van der Waals surface area contributed by atoms with Crippen LogP contribution in [0.25, 0.3) is 0 Å². The van der Waals surface area contributed by atoms with E-state index in [4.69, 9.17) is 10.2 Å². The number of benzene rings is 1. The predicted octanol–water partition coefficient (Wildman–Crippen LogP) is 2.37. The van der Waals surface area contributed by atoms with Crippen molar-refractivity contribution in [3.8, 4) is 0 Å². The molecule has 1 aliphatic heterocycles. The number of hydrogen-bond acceptors (Lipinski definition) is 4. The summed E-state index contributed by atoms with van der Waals surface area (Å²) in [6.45, 7) is 0.718. The van der Waals surface area contributed by atoms with Gasteiger partial charge in [0.15, 0.2) is 10.4 Å². The molecule has 0 unspecified atom stereocenters. The zero-order valence-corrected chi connectivity index (χ0v) is 14.9. The van der Waals surface area contributed by atoms with Crippen molar-refractivity contribution in [1.82, 2.24) is 4.90 Å². The molecule has 1 saturated heterocycles. The molecule has 0 radical (unpaired) electrons. The van der Waals surface area contributed by atoms with Crippen LogP contribution in [0.2, 0.25) is 0 Å². The normalized spacial score (nSPS) is 14.0. The van der Waals surface area contributed by atoms with E-state index in [1.54, 1.807) is 41.3 Å². The van der Waals surface area contributed by atoms with Gasteiger partial charge in [0.05, 0.1) is 0 Å². The van der Waals surface area contributed by atoms with Crippen LogP contribution in [0.4, 0.5) is 5.69 Å². The van der Waals surface area contributed by atoms with Crippen molar-refractivity contribution in [2.75, 3.05) is 18.1 Å². The Bertz CT molecular complexity index is 816. The van der Waals surface area contributed by atoms with Gasteiger partial charge in [0.1, 0.15) is 6.67 Å². The molecule has 25 heavy (non-hydrogen) atoms. The molecule has 0 aliphatic carbocycles. The molecule has 2 aromatic rings. The van der Waals surface area contributed by atoms with E-state index in [-0.39, 0.29) is 24.2 Å². The fourth-order valence-electron chi connectivity index (χ4n) is 2.66. The Kier molecular flexibility index (Phi) is 4.89. The lowest BCUT2D eigenvalue weighted by atomic mass is 10.2. The summed E-state index contributed by atoms with van der Waals surface area (Å²) in [6, 6.07) is 9.52. The monoisotopic (exact) mass is 405 g/mol. The summed E-state index contributed by atoms with van der Waals surface area (Å²) < 4.78 is 5.79. The fourth-order valence-corrected chi connectivity index (χ4v) is 2.96. The number of furan rings is 1. The molecule has 0 saturated carbocycles. The number of carbonyl (C=O) groups excluding carboxylic acids is 3. The molecule has 1 fully saturated rings. The van der Waals surface area contributed by atoms with Crippen molar-refractivity contribution in [3.63, 3.8) is 0 Å². The number of nitrogens with two attached hydrogens (primary N) is 1. The molecule has 7 nitrogen and oxygen atoms in total. The van der Waals surface area contributed by atoms with Crippen LogP contribution < -0.4 is 10.6 Å². The van der Waals surface area contributed by atoms with Crippen LogP contribution in [0.1, 0.15) is 33.8 Å². The lowest BCUT2D eigenvalue weighted by Gasteiger charge is -2.27. The molecule has 2 N–H and O–H groups in total. The summed E-state index contributed by atoms with van der Waals surface area (Å²) >= 11 is 3.18. The Morgan fingerprint density at radius 1 is 1.20 bits per heavy atom. The van der Waals surface area contributed by atoms with Gasteiger partial charge in [-0.15, -0.1) is 0 Å². The maximum Gasteiger partial charge on any atom is 0.295 e. The van der Waals surface area contributed by atoms with Crippen molar-refractivity contribution in [1.29, 1.82) is 0 Å². The van der Waals surface area contributed by atoms with Gasteiger partial charge in [-0.05, 0) is 58.7 Å². The van der Waals surface area contributed by atoms with Crippen molar-refractivity contribution in [2.24, 2.45) is 5.73 Å². The average molecular weight is 406 g/mol. The minimum atomic E-state index is -0.547. The first-order valence-corrected chi connectivity index (χ1v) is 8.50. The van der Waals surface area contributed by atoms with Crippen LogP contribution in [-0.2, 0) is 4.79 Å². The van der Waals surface area contributed by atoms with Crippen LogP contribution >= 0.6 is 15.9 Å². The largest absolute Gasteiger partial charge is 0.444 e. The quantitative estimate of drug-likeness (QED) is 0.825. The second-order valence-corrected chi connectivity index (χ2v) is 6.43. The summed E-state index contributed by atoms with van der Waals surface area (Å²) in [5, 5.41) is 0. The van der Waals surface area contributed by atoms with Crippen LogP contribution in [0.5, 0.6) is 0 Å². The number of halogens is 1. The number of nitrogens with zero attached hydrogens (tertiary/aromatic N) is 2. The summed E-state index contributed by atoms with van der Waals surface area (Å²) in [7, 11) is 0. The van der Waals surface area contributed by atoms with Gasteiger partial charge < -0.3 is 15.1 Å². The van der Waals surface area contributed by atoms with Crippen LogP contribution in [0.15, 0.2) is 45.5 Å². The van der Waals surface area contributed by atoms with Gasteiger partial charge in [-0.25, -0.2) is 0 Å². The number of carbonyl (C=O) groups is 3. The molecule has 130 valence electrons. The highest BCUT2D eigenvalue weighted by Crippen LogP contribution is 2.23. The molecule has 3 amide bonds. The maximum atomic E-state index is 12.9. The first-order chi connectivity index (χ1) is 12.0. The number of anilines is 1. The maximum absolute atomic E-state index is 12.9. The smallest absolute Gasteiger partial charge is 0.295 e. The van der Waals surface area contributed by atoms with Gasteiger partial charge in [-0.1, -0.05) is 0 Å². The molecule has 3 rings (SSSR count). The first-order valence-electron chi connectivity index (χ1n) is 7.70. The van der Waals surface area contributed by atoms with Crippen LogP contribution in [0, 0.1) is 0 Å². The lowest BCUT2D eigenvalue weighted by molar-refractivity contribution is -0.127. The third-order valence-corrected chi connectivity index (χ3v) is 4.40.